The van der Waals surface area contributed by atoms with E-state index in [0.29, 0.717) is 11.8 Å². The second-order valence-corrected chi connectivity index (χ2v) is 9.58. The summed E-state index contributed by atoms with van der Waals surface area (Å²) in [6, 6.07) is 8.39. The van der Waals surface area contributed by atoms with Gasteiger partial charge in [-0.1, -0.05) is 66.3 Å². The minimum absolute atomic E-state index is 0.101. The monoisotopic (exact) mass is 409 g/mol. The number of rotatable bonds is 8. The van der Waals surface area contributed by atoms with Gasteiger partial charge in [0, 0.05) is 11.8 Å². The van der Waals surface area contributed by atoms with E-state index in [4.69, 9.17) is 4.74 Å². The van der Waals surface area contributed by atoms with Crippen LogP contribution in [0.5, 0.6) is 5.75 Å². The maximum absolute atomic E-state index is 12.1. The first-order valence-corrected chi connectivity index (χ1v) is 11.5. The zero-order chi connectivity index (χ0) is 18.2. The number of hydrogen-bond acceptors (Lipinski definition) is 7. The molecule has 1 heterocycles. The normalized spacial score (nSPS) is 15.0. The van der Waals surface area contributed by atoms with Gasteiger partial charge in [-0.3, -0.25) is 4.79 Å². The molecule has 1 fully saturated rings. The van der Waals surface area contributed by atoms with Gasteiger partial charge in [0.2, 0.25) is 5.91 Å². The number of ether oxygens (including phenoxy) is 1. The van der Waals surface area contributed by atoms with Gasteiger partial charge >= 0.3 is 0 Å². The highest BCUT2D eigenvalue weighted by Gasteiger charge is 2.16. The Hall–Kier alpha value is -1.25. The van der Waals surface area contributed by atoms with Crippen LogP contribution < -0.4 is 10.1 Å². The van der Waals surface area contributed by atoms with E-state index in [1.165, 1.54) is 36.6 Å². The van der Waals surface area contributed by atoms with Crippen LogP contribution in [0.2, 0.25) is 0 Å². The molecular formula is C18H23N3O2S3. The summed E-state index contributed by atoms with van der Waals surface area (Å²) in [4.78, 5) is 12.1. The summed E-state index contributed by atoms with van der Waals surface area (Å²) in [7, 11) is 1.67. The fourth-order valence-electron chi connectivity index (χ4n) is 2.82. The molecule has 8 heteroatoms. The highest BCUT2D eigenvalue weighted by atomic mass is 32.2. The molecule has 1 aromatic heterocycles. The molecule has 5 nitrogen and oxygen atoms in total. The molecular weight excluding hydrogens is 386 g/mol. The van der Waals surface area contributed by atoms with Gasteiger partial charge in [0.1, 0.15) is 5.75 Å². The number of hydrogen-bond donors (Lipinski definition) is 1. The zero-order valence-electron chi connectivity index (χ0n) is 14.8. The molecule has 1 aromatic carbocycles. The van der Waals surface area contributed by atoms with Crippen molar-refractivity contribution in [3.8, 4) is 5.75 Å². The summed E-state index contributed by atoms with van der Waals surface area (Å²) in [5.74, 6) is 2.21. The molecule has 0 spiro atoms. The third-order valence-electron chi connectivity index (χ3n) is 4.21. The molecule has 2 aromatic rings. The molecule has 1 N–H and O–H groups in total. The summed E-state index contributed by atoms with van der Waals surface area (Å²) in [6.45, 7) is 0. The lowest BCUT2D eigenvalue weighted by Gasteiger charge is -2.22. The Morgan fingerprint density at radius 3 is 2.54 bits per heavy atom. The summed E-state index contributed by atoms with van der Waals surface area (Å²) < 4.78 is 6.94. The lowest BCUT2D eigenvalue weighted by Crippen LogP contribution is -2.37. The van der Waals surface area contributed by atoms with Gasteiger partial charge in [-0.15, -0.1) is 10.2 Å². The highest BCUT2D eigenvalue weighted by Crippen LogP contribution is 2.31. The largest absolute Gasteiger partial charge is 0.497 e. The predicted octanol–water partition coefficient (Wildman–Crippen LogP) is 4.38. The molecule has 140 valence electrons. The number of carbonyl (C=O) groups excluding carboxylic acids is 1. The van der Waals surface area contributed by atoms with Crippen molar-refractivity contribution in [2.75, 3.05) is 12.9 Å². The maximum Gasteiger partial charge on any atom is 0.230 e. The summed E-state index contributed by atoms with van der Waals surface area (Å²) in [5.41, 5.74) is 1.21. The molecule has 1 aliphatic rings. The van der Waals surface area contributed by atoms with E-state index < -0.39 is 0 Å². The lowest BCUT2D eigenvalue weighted by molar-refractivity contribution is -0.119. The van der Waals surface area contributed by atoms with Crippen LogP contribution in [0.4, 0.5) is 0 Å². The molecule has 1 amide bonds. The number of nitrogens with zero attached hydrogens (tertiary/aromatic N) is 2. The van der Waals surface area contributed by atoms with Crippen molar-refractivity contribution in [1.82, 2.24) is 15.5 Å². The Bertz CT molecular complexity index is 700. The van der Waals surface area contributed by atoms with Gasteiger partial charge in [-0.05, 0) is 30.5 Å². The average molecular weight is 410 g/mol. The van der Waals surface area contributed by atoms with Crippen LogP contribution in [0.3, 0.4) is 0 Å². The fraction of sp³-hybridized carbons (Fsp3) is 0.500. The SMILES string of the molecule is COc1ccc(CSc2nnc(SCC(=O)NC3CCCCC3)s2)cc1. The van der Waals surface area contributed by atoms with Crippen molar-refractivity contribution in [3.63, 3.8) is 0 Å². The van der Waals surface area contributed by atoms with E-state index in [9.17, 15) is 4.79 Å². The van der Waals surface area contributed by atoms with Crippen LogP contribution in [0.25, 0.3) is 0 Å². The summed E-state index contributed by atoms with van der Waals surface area (Å²) >= 11 is 4.68. The van der Waals surface area contributed by atoms with E-state index in [-0.39, 0.29) is 5.91 Å². The number of methoxy groups -OCH3 is 1. The number of carbonyl (C=O) groups is 1. The first-order chi connectivity index (χ1) is 12.7. The number of aromatic nitrogens is 2. The molecule has 3 rings (SSSR count). The minimum Gasteiger partial charge on any atom is -0.497 e. The van der Waals surface area contributed by atoms with Gasteiger partial charge in [0.15, 0.2) is 8.68 Å². The van der Waals surface area contributed by atoms with Crippen LogP contribution in [0.1, 0.15) is 37.7 Å². The summed E-state index contributed by atoms with van der Waals surface area (Å²) in [5, 5.41) is 11.5. The second kappa shape index (κ2) is 10.2. The molecule has 26 heavy (non-hydrogen) atoms. The molecule has 0 atom stereocenters. The van der Waals surface area contributed by atoms with Crippen molar-refractivity contribution >= 4 is 40.8 Å². The second-order valence-electron chi connectivity index (χ2n) is 6.16. The van der Waals surface area contributed by atoms with Crippen molar-refractivity contribution in [3.05, 3.63) is 29.8 Å². The summed E-state index contributed by atoms with van der Waals surface area (Å²) in [6.07, 6.45) is 5.97. The molecule has 0 bridgehead atoms. The van der Waals surface area contributed by atoms with E-state index in [1.807, 2.05) is 12.1 Å². The van der Waals surface area contributed by atoms with Crippen LogP contribution >= 0.6 is 34.9 Å². The lowest BCUT2D eigenvalue weighted by atomic mass is 9.95. The molecule has 0 aliphatic heterocycles. The minimum atomic E-state index is 0.101. The van der Waals surface area contributed by atoms with Gasteiger partial charge in [-0.2, -0.15) is 0 Å². The molecule has 0 radical (unpaired) electrons. The van der Waals surface area contributed by atoms with Crippen molar-refractivity contribution in [1.29, 1.82) is 0 Å². The average Bonchev–Trinajstić information content (AvgIpc) is 3.14. The van der Waals surface area contributed by atoms with Crippen molar-refractivity contribution in [2.24, 2.45) is 0 Å². The number of nitrogens with one attached hydrogen (secondary N) is 1. The van der Waals surface area contributed by atoms with E-state index >= 15 is 0 Å². The third-order valence-corrected chi connectivity index (χ3v) is 7.47. The first kappa shape index (κ1) is 19.5. The van der Waals surface area contributed by atoms with Gasteiger partial charge in [0.25, 0.3) is 0 Å². The first-order valence-electron chi connectivity index (χ1n) is 8.74. The maximum atomic E-state index is 12.1. The highest BCUT2D eigenvalue weighted by molar-refractivity contribution is 8.03. The standard InChI is InChI=1S/C18H23N3O2S3/c1-23-15-9-7-13(8-10-15)11-24-17-20-21-18(26-17)25-12-16(22)19-14-5-3-2-4-6-14/h7-10,14H,2-6,11-12H2,1H3,(H,19,22). The van der Waals surface area contributed by atoms with Crippen LogP contribution in [0, 0.1) is 0 Å². The third kappa shape index (κ3) is 6.17. The van der Waals surface area contributed by atoms with Crippen LogP contribution in [-0.2, 0) is 10.5 Å². The zero-order valence-corrected chi connectivity index (χ0v) is 17.2. The molecule has 0 unspecified atom stereocenters. The van der Waals surface area contributed by atoms with Crippen molar-refractivity contribution < 1.29 is 9.53 Å². The molecule has 1 saturated carbocycles. The van der Waals surface area contributed by atoms with Crippen molar-refractivity contribution in [2.45, 2.75) is 52.6 Å². The topological polar surface area (TPSA) is 64.1 Å². The van der Waals surface area contributed by atoms with Crippen LogP contribution in [0.15, 0.2) is 32.9 Å². The predicted molar refractivity (Wildman–Crippen MR) is 108 cm³/mol. The van der Waals surface area contributed by atoms with E-state index in [1.54, 1.807) is 30.2 Å². The Labute approximate surface area is 166 Å². The molecule has 0 saturated heterocycles. The van der Waals surface area contributed by atoms with Gasteiger partial charge < -0.3 is 10.1 Å². The van der Waals surface area contributed by atoms with E-state index in [0.717, 1.165) is 33.0 Å². The fourth-order valence-corrected chi connectivity index (χ4v) is 5.61. The van der Waals surface area contributed by atoms with Gasteiger partial charge in [0.05, 0.1) is 12.9 Å². The Morgan fingerprint density at radius 1 is 1.15 bits per heavy atom. The van der Waals surface area contributed by atoms with E-state index in [2.05, 4.69) is 27.6 Å². The number of amides is 1. The van der Waals surface area contributed by atoms with Crippen LogP contribution in [-0.4, -0.2) is 35.0 Å². The number of benzene rings is 1. The Morgan fingerprint density at radius 2 is 1.85 bits per heavy atom. The quantitative estimate of drug-likeness (QED) is 0.653. The number of thioether (sulfide) groups is 2. The molecule has 1 aliphatic carbocycles. The Kier molecular flexibility index (Phi) is 7.64. The smallest absolute Gasteiger partial charge is 0.230 e. The van der Waals surface area contributed by atoms with Gasteiger partial charge in [-0.25, -0.2) is 0 Å². The Balaban J connectivity index is 1.40.